The Labute approximate surface area is 198 Å². The lowest BCUT2D eigenvalue weighted by Crippen LogP contribution is -2.09. The SMILES string of the molecule is CCCCCCCCCCCCCCOc1ccc(C(=O)Oc2cccc(C(=O)O)c2)cc1. The van der Waals surface area contributed by atoms with Crippen LogP contribution in [0.4, 0.5) is 0 Å². The first-order chi connectivity index (χ1) is 16.1. The Morgan fingerprint density at radius 1 is 0.697 bits per heavy atom. The summed E-state index contributed by atoms with van der Waals surface area (Å²) in [5.41, 5.74) is 0.454. The number of carboxylic acid groups (broad SMARTS) is 1. The molecule has 0 aliphatic rings. The predicted molar refractivity (Wildman–Crippen MR) is 131 cm³/mol. The van der Waals surface area contributed by atoms with Gasteiger partial charge in [0.1, 0.15) is 11.5 Å². The van der Waals surface area contributed by atoms with Crippen LogP contribution in [-0.4, -0.2) is 23.7 Å². The van der Waals surface area contributed by atoms with E-state index in [-0.39, 0.29) is 11.3 Å². The summed E-state index contributed by atoms with van der Waals surface area (Å²) in [6, 6.07) is 12.7. The van der Waals surface area contributed by atoms with Crippen LogP contribution in [0.3, 0.4) is 0 Å². The fraction of sp³-hybridized carbons (Fsp3) is 0.500. The van der Waals surface area contributed by atoms with Gasteiger partial charge in [0.25, 0.3) is 0 Å². The molecule has 0 radical (unpaired) electrons. The molecule has 0 aliphatic heterocycles. The molecule has 0 spiro atoms. The number of ether oxygens (including phenoxy) is 2. The quantitative estimate of drug-likeness (QED) is 0.151. The zero-order chi connectivity index (χ0) is 23.7. The van der Waals surface area contributed by atoms with Crippen LogP contribution in [-0.2, 0) is 0 Å². The van der Waals surface area contributed by atoms with E-state index in [0.717, 1.165) is 12.2 Å². The second-order valence-corrected chi connectivity index (χ2v) is 8.48. The van der Waals surface area contributed by atoms with Crippen molar-refractivity contribution in [2.45, 2.75) is 84.0 Å². The van der Waals surface area contributed by atoms with Crippen molar-refractivity contribution in [3.05, 3.63) is 59.7 Å². The molecule has 0 aliphatic carbocycles. The van der Waals surface area contributed by atoms with Gasteiger partial charge in [0.05, 0.1) is 17.7 Å². The first-order valence-electron chi connectivity index (χ1n) is 12.4. The van der Waals surface area contributed by atoms with Crippen molar-refractivity contribution in [1.82, 2.24) is 0 Å². The van der Waals surface area contributed by atoms with Crippen LogP contribution in [0.1, 0.15) is 105 Å². The van der Waals surface area contributed by atoms with Crippen LogP contribution in [0.2, 0.25) is 0 Å². The third kappa shape index (κ3) is 11.0. The Morgan fingerprint density at radius 2 is 1.27 bits per heavy atom. The molecule has 0 fully saturated rings. The van der Waals surface area contributed by atoms with Gasteiger partial charge in [-0.1, -0.05) is 83.6 Å². The second kappa shape index (κ2) is 15.9. The number of benzene rings is 2. The van der Waals surface area contributed by atoms with Gasteiger partial charge in [-0.25, -0.2) is 9.59 Å². The van der Waals surface area contributed by atoms with Crippen LogP contribution in [0.5, 0.6) is 11.5 Å². The van der Waals surface area contributed by atoms with Crippen molar-refractivity contribution >= 4 is 11.9 Å². The van der Waals surface area contributed by atoms with Crippen molar-refractivity contribution < 1.29 is 24.2 Å². The number of carbonyl (C=O) groups excluding carboxylic acids is 1. The number of hydrogen-bond donors (Lipinski definition) is 1. The number of esters is 1. The molecular weight excluding hydrogens is 416 g/mol. The summed E-state index contributed by atoms with van der Waals surface area (Å²) in [5.74, 6) is -0.678. The van der Waals surface area contributed by atoms with Gasteiger partial charge in [-0.05, 0) is 48.9 Å². The lowest BCUT2D eigenvalue weighted by Gasteiger charge is -2.08. The van der Waals surface area contributed by atoms with Crippen molar-refractivity contribution in [3.8, 4) is 11.5 Å². The lowest BCUT2D eigenvalue weighted by atomic mass is 10.1. The monoisotopic (exact) mass is 454 g/mol. The van der Waals surface area contributed by atoms with Crippen molar-refractivity contribution in [3.63, 3.8) is 0 Å². The molecule has 0 unspecified atom stereocenters. The average Bonchev–Trinajstić information content (AvgIpc) is 2.82. The van der Waals surface area contributed by atoms with Gasteiger partial charge in [-0.2, -0.15) is 0 Å². The van der Waals surface area contributed by atoms with E-state index in [0.29, 0.717) is 12.2 Å². The molecule has 33 heavy (non-hydrogen) atoms. The van der Waals surface area contributed by atoms with Gasteiger partial charge in [-0.3, -0.25) is 0 Å². The minimum Gasteiger partial charge on any atom is -0.494 e. The fourth-order valence-electron chi connectivity index (χ4n) is 3.68. The van der Waals surface area contributed by atoms with Crippen LogP contribution in [0.15, 0.2) is 48.5 Å². The second-order valence-electron chi connectivity index (χ2n) is 8.48. The molecule has 0 saturated heterocycles. The topological polar surface area (TPSA) is 72.8 Å². The van der Waals surface area contributed by atoms with Crippen LogP contribution >= 0.6 is 0 Å². The van der Waals surface area contributed by atoms with E-state index < -0.39 is 11.9 Å². The summed E-state index contributed by atoms with van der Waals surface area (Å²) in [6.45, 7) is 2.93. The molecule has 0 bridgehead atoms. The molecule has 0 aromatic heterocycles. The number of rotatable bonds is 17. The summed E-state index contributed by atoms with van der Waals surface area (Å²) in [7, 11) is 0. The molecule has 2 rings (SSSR count). The minimum atomic E-state index is -1.07. The third-order valence-corrected chi connectivity index (χ3v) is 5.65. The van der Waals surface area contributed by atoms with Gasteiger partial charge in [0, 0.05) is 0 Å². The van der Waals surface area contributed by atoms with E-state index in [1.807, 2.05) is 0 Å². The van der Waals surface area contributed by atoms with Crippen molar-refractivity contribution in [2.24, 2.45) is 0 Å². The first kappa shape index (κ1) is 26.4. The highest BCUT2D eigenvalue weighted by Gasteiger charge is 2.11. The summed E-state index contributed by atoms with van der Waals surface area (Å²) < 4.78 is 11.0. The number of aromatic carboxylic acids is 1. The highest BCUT2D eigenvalue weighted by Crippen LogP contribution is 2.18. The standard InChI is InChI=1S/C28H38O5/c1-2-3-4-5-6-7-8-9-10-11-12-13-21-32-25-19-17-23(18-20-25)28(31)33-26-16-14-15-24(22-26)27(29)30/h14-20,22H,2-13,21H2,1H3,(H,29,30). The first-order valence-corrected chi connectivity index (χ1v) is 12.4. The molecule has 1 N–H and O–H groups in total. The normalized spacial score (nSPS) is 10.7. The van der Waals surface area contributed by atoms with Crippen LogP contribution < -0.4 is 9.47 Å². The molecule has 0 amide bonds. The van der Waals surface area contributed by atoms with E-state index in [4.69, 9.17) is 14.6 Å². The molecule has 5 heteroatoms. The summed E-state index contributed by atoms with van der Waals surface area (Å²) >= 11 is 0. The van der Waals surface area contributed by atoms with Crippen LogP contribution in [0.25, 0.3) is 0 Å². The van der Waals surface area contributed by atoms with E-state index >= 15 is 0 Å². The van der Waals surface area contributed by atoms with Gasteiger partial charge in [0.15, 0.2) is 0 Å². The maximum Gasteiger partial charge on any atom is 0.343 e. The molecule has 2 aromatic rings. The fourth-order valence-corrected chi connectivity index (χ4v) is 3.68. The van der Waals surface area contributed by atoms with Gasteiger partial charge in [-0.15, -0.1) is 0 Å². The largest absolute Gasteiger partial charge is 0.494 e. The van der Waals surface area contributed by atoms with Crippen molar-refractivity contribution in [1.29, 1.82) is 0 Å². The molecule has 0 saturated carbocycles. The molecule has 180 valence electrons. The summed E-state index contributed by atoms with van der Waals surface area (Å²) in [6.07, 6.45) is 15.7. The van der Waals surface area contributed by atoms with Crippen LogP contribution in [0, 0.1) is 0 Å². The Bertz CT molecular complexity index is 828. The van der Waals surface area contributed by atoms with Gasteiger partial charge >= 0.3 is 11.9 Å². The van der Waals surface area contributed by atoms with Gasteiger partial charge < -0.3 is 14.6 Å². The zero-order valence-electron chi connectivity index (χ0n) is 19.9. The molecule has 2 aromatic carbocycles. The molecular formula is C28H38O5. The minimum absolute atomic E-state index is 0.0712. The number of carboxylic acids is 1. The predicted octanol–water partition coefficient (Wildman–Crippen LogP) is 7.68. The number of unbranched alkanes of at least 4 members (excludes halogenated alkanes) is 11. The maximum atomic E-state index is 12.3. The molecule has 0 atom stereocenters. The maximum absolute atomic E-state index is 12.3. The number of carbonyl (C=O) groups is 2. The van der Waals surface area contributed by atoms with E-state index in [1.54, 1.807) is 36.4 Å². The average molecular weight is 455 g/mol. The van der Waals surface area contributed by atoms with Crippen molar-refractivity contribution in [2.75, 3.05) is 6.61 Å². The highest BCUT2D eigenvalue weighted by atomic mass is 16.5. The lowest BCUT2D eigenvalue weighted by molar-refractivity contribution is 0.0687. The van der Waals surface area contributed by atoms with E-state index in [9.17, 15) is 9.59 Å². The smallest absolute Gasteiger partial charge is 0.343 e. The zero-order valence-corrected chi connectivity index (χ0v) is 19.9. The number of hydrogen-bond acceptors (Lipinski definition) is 4. The Morgan fingerprint density at radius 3 is 1.85 bits per heavy atom. The summed E-state index contributed by atoms with van der Waals surface area (Å²) in [4.78, 5) is 23.3. The summed E-state index contributed by atoms with van der Waals surface area (Å²) in [5, 5.41) is 9.03. The molecule has 5 nitrogen and oxygen atoms in total. The van der Waals surface area contributed by atoms with E-state index in [1.165, 1.54) is 82.8 Å². The Hall–Kier alpha value is -2.82. The Balaban J connectivity index is 1.56. The highest BCUT2D eigenvalue weighted by molar-refractivity contribution is 5.92. The molecule has 0 heterocycles. The van der Waals surface area contributed by atoms with E-state index in [2.05, 4.69) is 6.92 Å². The third-order valence-electron chi connectivity index (χ3n) is 5.65. The Kier molecular flexibility index (Phi) is 12.7. The van der Waals surface area contributed by atoms with Gasteiger partial charge in [0.2, 0.25) is 0 Å².